The average molecular weight is 434 g/mol. The fraction of sp³-hybridized carbons (Fsp3) is 0.130. The predicted molar refractivity (Wildman–Crippen MR) is 119 cm³/mol. The third-order valence-electron chi connectivity index (χ3n) is 5.30. The van der Waals surface area contributed by atoms with E-state index in [9.17, 15) is 8.42 Å². The third kappa shape index (κ3) is 3.39. The number of hydrogen-bond donors (Lipinski definition) is 1. The lowest BCUT2D eigenvalue weighted by Crippen LogP contribution is -2.30. The van der Waals surface area contributed by atoms with Gasteiger partial charge in [-0.05, 0) is 47.0 Å². The van der Waals surface area contributed by atoms with Crippen LogP contribution in [0, 0.1) is 6.92 Å². The van der Waals surface area contributed by atoms with Crippen molar-refractivity contribution in [3.8, 4) is 0 Å². The minimum absolute atomic E-state index is 0.172. The summed E-state index contributed by atoms with van der Waals surface area (Å²) in [6.07, 6.45) is 3.40. The van der Waals surface area contributed by atoms with Gasteiger partial charge in [0, 0.05) is 12.4 Å². The molecule has 0 saturated carbocycles. The molecule has 7 heteroatoms. The Bertz CT molecular complexity index is 1320. The van der Waals surface area contributed by atoms with Gasteiger partial charge in [0.15, 0.2) is 5.16 Å². The fourth-order valence-electron chi connectivity index (χ4n) is 3.91. The number of benzene rings is 3. The first kappa shape index (κ1) is 19.2. The Labute approximate surface area is 179 Å². The Kier molecular flexibility index (Phi) is 4.81. The smallest absolute Gasteiger partial charge is 0.231 e. The molecule has 30 heavy (non-hydrogen) atoms. The monoisotopic (exact) mass is 433 g/mol. The van der Waals surface area contributed by atoms with Crippen LogP contribution in [0.1, 0.15) is 28.0 Å². The zero-order valence-electron chi connectivity index (χ0n) is 16.2. The van der Waals surface area contributed by atoms with Gasteiger partial charge < -0.3 is 0 Å². The van der Waals surface area contributed by atoms with E-state index in [1.54, 1.807) is 30.6 Å². The Morgan fingerprint density at radius 2 is 1.53 bits per heavy atom. The molecule has 0 spiro atoms. The molecular formula is C23H19N3O2S2. The van der Waals surface area contributed by atoms with Crippen molar-refractivity contribution >= 4 is 32.6 Å². The van der Waals surface area contributed by atoms with Gasteiger partial charge in [-0.3, -0.25) is 0 Å². The van der Waals surface area contributed by atoms with Crippen molar-refractivity contribution in [2.45, 2.75) is 28.3 Å². The minimum Gasteiger partial charge on any atom is -0.231 e. The molecule has 5 rings (SSSR count). The lowest BCUT2D eigenvalue weighted by molar-refractivity contribution is 0.557. The van der Waals surface area contributed by atoms with Crippen molar-refractivity contribution in [2.24, 2.45) is 0 Å². The molecule has 150 valence electrons. The van der Waals surface area contributed by atoms with E-state index < -0.39 is 16.1 Å². The third-order valence-corrected chi connectivity index (χ3v) is 7.96. The SMILES string of the molecule is Cc1ccc(S(=O)(=O)N[C@@H]2c3cccc4cccc(c34)[C@@H]2Sc2ncccn2)cc1. The van der Waals surface area contributed by atoms with E-state index in [1.165, 1.54) is 11.8 Å². The van der Waals surface area contributed by atoms with E-state index in [4.69, 9.17) is 0 Å². The average Bonchev–Trinajstić information content (AvgIpc) is 3.04. The molecule has 0 saturated heterocycles. The molecule has 5 nitrogen and oxygen atoms in total. The first-order valence-electron chi connectivity index (χ1n) is 9.57. The van der Waals surface area contributed by atoms with Gasteiger partial charge in [0.2, 0.25) is 10.0 Å². The summed E-state index contributed by atoms with van der Waals surface area (Å²) in [5.41, 5.74) is 3.09. The molecule has 0 unspecified atom stereocenters. The number of nitrogens with one attached hydrogen (secondary N) is 1. The van der Waals surface area contributed by atoms with Crippen molar-refractivity contribution in [3.63, 3.8) is 0 Å². The largest absolute Gasteiger partial charge is 0.241 e. The molecule has 0 aliphatic heterocycles. The highest BCUT2D eigenvalue weighted by Crippen LogP contribution is 2.52. The van der Waals surface area contributed by atoms with E-state index in [-0.39, 0.29) is 10.1 Å². The Morgan fingerprint density at radius 3 is 2.23 bits per heavy atom. The molecule has 0 bridgehead atoms. The van der Waals surface area contributed by atoms with Crippen molar-refractivity contribution in [1.29, 1.82) is 0 Å². The van der Waals surface area contributed by atoms with E-state index >= 15 is 0 Å². The van der Waals surface area contributed by atoms with Gasteiger partial charge in [-0.2, -0.15) is 0 Å². The molecule has 0 radical (unpaired) electrons. The maximum atomic E-state index is 13.2. The van der Waals surface area contributed by atoms with Gasteiger partial charge in [0.1, 0.15) is 0 Å². The zero-order valence-corrected chi connectivity index (χ0v) is 17.8. The molecule has 1 N–H and O–H groups in total. The summed E-state index contributed by atoms with van der Waals surface area (Å²) in [4.78, 5) is 8.94. The molecule has 0 fully saturated rings. The van der Waals surface area contributed by atoms with Crippen LogP contribution in [0.25, 0.3) is 10.8 Å². The van der Waals surface area contributed by atoms with Crippen LogP contribution >= 0.6 is 11.8 Å². The second-order valence-electron chi connectivity index (χ2n) is 7.27. The second kappa shape index (κ2) is 7.50. The fourth-order valence-corrected chi connectivity index (χ4v) is 6.37. The molecule has 1 heterocycles. The number of sulfonamides is 1. The van der Waals surface area contributed by atoms with Gasteiger partial charge in [-0.25, -0.2) is 23.1 Å². The van der Waals surface area contributed by atoms with Crippen LogP contribution in [0.2, 0.25) is 0 Å². The van der Waals surface area contributed by atoms with Crippen LogP contribution in [0.5, 0.6) is 0 Å². The van der Waals surface area contributed by atoms with Crippen molar-refractivity contribution in [1.82, 2.24) is 14.7 Å². The molecule has 1 aromatic heterocycles. The summed E-state index contributed by atoms with van der Waals surface area (Å²) in [7, 11) is -3.70. The number of thioether (sulfide) groups is 1. The van der Waals surface area contributed by atoms with E-state index in [0.717, 1.165) is 27.5 Å². The zero-order chi connectivity index (χ0) is 20.7. The topological polar surface area (TPSA) is 72.0 Å². The van der Waals surface area contributed by atoms with Crippen molar-refractivity contribution < 1.29 is 8.42 Å². The van der Waals surface area contributed by atoms with Crippen LogP contribution in [0.15, 0.2) is 89.2 Å². The van der Waals surface area contributed by atoms with Gasteiger partial charge in [0.25, 0.3) is 0 Å². The highest BCUT2D eigenvalue weighted by molar-refractivity contribution is 7.99. The molecule has 3 aromatic carbocycles. The molecule has 1 aliphatic rings. The standard InChI is InChI=1S/C23H19N3O2S2/c1-15-9-11-17(12-10-15)30(27,28)26-21-18-7-2-5-16-6-3-8-19(20(16)18)22(21)29-23-24-13-4-14-25-23/h2-14,21-22,26H,1H3/t21-,22+/m1/s1. The Hall–Kier alpha value is -2.74. The summed E-state index contributed by atoms with van der Waals surface area (Å²) < 4.78 is 29.4. The maximum Gasteiger partial charge on any atom is 0.241 e. The van der Waals surface area contributed by atoms with Crippen LogP contribution in [-0.2, 0) is 10.0 Å². The molecule has 4 aromatic rings. The molecule has 2 atom stereocenters. The molecule has 1 aliphatic carbocycles. The number of rotatable bonds is 5. The van der Waals surface area contributed by atoms with Crippen LogP contribution in [-0.4, -0.2) is 18.4 Å². The number of aromatic nitrogens is 2. The number of nitrogens with zero attached hydrogens (tertiary/aromatic N) is 2. The van der Waals surface area contributed by atoms with Crippen molar-refractivity contribution in [3.05, 3.63) is 95.8 Å². The van der Waals surface area contributed by atoms with Gasteiger partial charge >= 0.3 is 0 Å². The Morgan fingerprint density at radius 1 is 0.867 bits per heavy atom. The predicted octanol–water partition coefficient (Wildman–Crippen LogP) is 4.80. The van der Waals surface area contributed by atoms with Gasteiger partial charge in [-0.15, -0.1) is 0 Å². The first-order valence-corrected chi connectivity index (χ1v) is 11.9. The minimum atomic E-state index is -3.70. The summed E-state index contributed by atoms with van der Waals surface area (Å²) in [5.74, 6) is 0. The maximum absolute atomic E-state index is 13.2. The Balaban J connectivity index is 1.59. The highest BCUT2D eigenvalue weighted by Gasteiger charge is 2.38. The van der Waals surface area contributed by atoms with E-state index in [1.807, 2.05) is 37.3 Å². The van der Waals surface area contributed by atoms with Crippen molar-refractivity contribution in [2.75, 3.05) is 0 Å². The van der Waals surface area contributed by atoms with Gasteiger partial charge in [0.05, 0.1) is 16.2 Å². The second-order valence-corrected chi connectivity index (χ2v) is 10.1. The van der Waals surface area contributed by atoms with E-state index in [0.29, 0.717) is 5.16 Å². The van der Waals surface area contributed by atoms with Gasteiger partial charge in [-0.1, -0.05) is 65.9 Å². The normalized spacial score (nSPS) is 18.0. The summed E-state index contributed by atoms with van der Waals surface area (Å²) in [6.45, 7) is 1.94. The summed E-state index contributed by atoms with van der Waals surface area (Å²) >= 11 is 1.48. The number of aryl methyl sites for hydroxylation is 1. The first-order chi connectivity index (χ1) is 14.5. The quantitative estimate of drug-likeness (QED) is 0.458. The summed E-state index contributed by atoms with van der Waals surface area (Å²) in [5, 5.41) is 2.65. The lowest BCUT2D eigenvalue weighted by Gasteiger charge is -2.22. The van der Waals surface area contributed by atoms with E-state index in [2.05, 4.69) is 32.9 Å². The lowest BCUT2D eigenvalue weighted by atomic mass is 10.1. The molecular weight excluding hydrogens is 414 g/mol. The molecule has 0 amide bonds. The van der Waals surface area contributed by atoms with Crippen LogP contribution < -0.4 is 4.72 Å². The summed E-state index contributed by atoms with van der Waals surface area (Å²) in [6, 6.07) is 20.4. The van der Waals surface area contributed by atoms with Crippen LogP contribution in [0.3, 0.4) is 0 Å². The van der Waals surface area contributed by atoms with Crippen LogP contribution in [0.4, 0.5) is 0 Å². The highest BCUT2D eigenvalue weighted by atomic mass is 32.2. The number of hydrogen-bond acceptors (Lipinski definition) is 5.